The van der Waals surface area contributed by atoms with Crippen LogP contribution in [-0.4, -0.2) is 53.8 Å². The lowest BCUT2D eigenvalue weighted by atomic mass is 10.2. The first-order valence-corrected chi connectivity index (χ1v) is 9.44. The van der Waals surface area contributed by atoms with Gasteiger partial charge in [-0.1, -0.05) is 29.8 Å². The van der Waals surface area contributed by atoms with E-state index in [2.05, 4.69) is 10.2 Å². The zero-order valence-corrected chi connectivity index (χ0v) is 15.5. The molecule has 25 heavy (non-hydrogen) atoms. The van der Waals surface area contributed by atoms with E-state index in [1.54, 1.807) is 12.1 Å². The van der Waals surface area contributed by atoms with E-state index in [0.29, 0.717) is 36.9 Å². The molecule has 1 N–H and O–H groups in total. The van der Waals surface area contributed by atoms with Crippen LogP contribution in [0.1, 0.15) is 16.6 Å². The van der Waals surface area contributed by atoms with Gasteiger partial charge in [0.1, 0.15) is 0 Å². The number of hydrogen-bond acceptors (Lipinski definition) is 4. The van der Waals surface area contributed by atoms with Crippen LogP contribution in [0.2, 0.25) is 5.02 Å². The molecule has 2 heterocycles. The molecule has 3 rings (SSSR count). The van der Waals surface area contributed by atoms with Crippen LogP contribution in [0.3, 0.4) is 0 Å². The number of carbonyl (C=O) groups excluding carboxylic acids is 2. The molecule has 0 spiro atoms. The van der Waals surface area contributed by atoms with E-state index < -0.39 is 0 Å². The van der Waals surface area contributed by atoms with Gasteiger partial charge in [0.2, 0.25) is 5.91 Å². The standard InChI is InChI=1S/C18H20ClN3O2S/c1-13(17(23)20-15-6-3-2-5-14(15)19)21-8-10-22(11-9-21)18(24)16-7-4-12-25-16/h2-7,12-13H,8-11H2,1H3,(H,20,23). The first kappa shape index (κ1) is 17.9. The lowest BCUT2D eigenvalue weighted by Crippen LogP contribution is -2.53. The quantitative estimate of drug-likeness (QED) is 0.890. The second-order valence-electron chi connectivity index (χ2n) is 5.95. The van der Waals surface area contributed by atoms with E-state index in [0.717, 1.165) is 4.88 Å². The second-order valence-corrected chi connectivity index (χ2v) is 7.31. The molecule has 7 heteroatoms. The van der Waals surface area contributed by atoms with E-state index >= 15 is 0 Å². The summed E-state index contributed by atoms with van der Waals surface area (Å²) in [6.07, 6.45) is 0. The number of nitrogens with one attached hydrogen (secondary N) is 1. The van der Waals surface area contributed by atoms with E-state index in [1.165, 1.54) is 11.3 Å². The number of hydrogen-bond donors (Lipinski definition) is 1. The predicted molar refractivity (Wildman–Crippen MR) is 101 cm³/mol. The molecule has 0 radical (unpaired) electrons. The van der Waals surface area contributed by atoms with E-state index in [9.17, 15) is 9.59 Å². The van der Waals surface area contributed by atoms with Gasteiger partial charge in [-0.05, 0) is 30.5 Å². The zero-order chi connectivity index (χ0) is 17.8. The molecule has 0 saturated carbocycles. The van der Waals surface area contributed by atoms with Gasteiger partial charge in [-0.25, -0.2) is 0 Å². The normalized spacial score (nSPS) is 16.5. The Balaban J connectivity index is 1.54. The minimum atomic E-state index is -0.282. The van der Waals surface area contributed by atoms with Gasteiger partial charge in [0, 0.05) is 26.2 Å². The average molecular weight is 378 g/mol. The van der Waals surface area contributed by atoms with E-state index in [1.807, 2.05) is 41.5 Å². The first-order chi connectivity index (χ1) is 12.1. The van der Waals surface area contributed by atoms with Crippen LogP contribution in [0.4, 0.5) is 5.69 Å². The summed E-state index contributed by atoms with van der Waals surface area (Å²) < 4.78 is 0. The van der Waals surface area contributed by atoms with Crippen molar-refractivity contribution in [2.24, 2.45) is 0 Å². The number of para-hydroxylation sites is 1. The van der Waals surface area contributed by atoms with Crippen LogP contribution in [0.15, 0.2) is 41.8 Å². The monoisotopic (exact) mass is 377 g/mol. The molecular weight excluding hydrogens is 358 g/mol. The number of anilines is 1. The fourth-order valence-corrected chi connectivity index (χ4v) is 3.71. The number of halogens is 1. The fraction of sp³-hybridized carbons (Fsp3) is 0.333. The van der Waals surface area contributed by atoms with Crippen LogP contribution in [0, 0.1) is 0 Å². The Bertz CT molecular complexity index is 743. The largest absolute Gasteiger partial charge is 0.335 e. The second kappa shape index (κ2) is 7.99. The highest BCUT2D eigenvalue weighted by Gasteiger charge is 2.28. The van der Waals surface area contributed by atoms with Crippen molar-refractivity contribution in [1.29, 1.82) is 0 Å². The van der Waals surface area contributed by atoms with Crippen molar-refractivity contribution in [3.63, 3.8) is 0 Å². The molecule has 1 aromatic heterocycles. The Morgan fingerprint density at radius 3 is 2.48 bits per heavy atom. The number of carbonyl (C=O) groups is 2. The first-order valence-electron chi connectivity index (χ1n) is 8.18. The molecule has 1 fully saturated rings. The van der Waals surface area contributed by atoms with Crippen molar-refractivity contribution < 1.29 is 9.59 Å². The third-order valence-corrected chi connectivity index (χ3v) is 5.58. The van der Waals surface area contributed by atoms with Crippen molar-refractivity contribution >= 4 is 40.4 Å². The van der Waals surface area contributed by atoms with Gasteiger partial charge in [-0.15, -0.1) is 11.3 Å². The van der Waals surface area contributed by atoms with Crippen molar-refractivity contribution in [2.45, 2.75) is 13.0 Å². The smallest absolute Gasteiger partial charge is 0.264 e. The molecule has 0 aliphatic carbocycles. The van der Waals surface area contributed by atoms with E-state index in [-0.39, 0.29) is 17.9 Å². The summed E-state index contributed by atoms with van der Waals surface area (Å²) in [7, 11) is 0. The summed E-state index contributed by atoms with van der Waals surface area (Å²) in [6, 6.07) is 10.6. The van der Waals surface area contributed by atoms with Crippen LogP contribution in [0.25, 0.3) is 0 Å². The Labute approximate surface area is 156 Å². The Kier molecular flexibility index (Phi) is 5.73. The number of rotatable bonds is 4. The maximum absolute atomic E-state index is 12.5. The summed E-state index contributed by atoms with van der Waals surface area (Å²) in [5.74, 6) is -0.0195. The van der Waals surface area contributed by atoms with Gasteiger partial charge < -0.3 is 10.2 Å². The van der Waals surface area contributed by atoms with Crippen molar-refractivity contribution in [1.82, 2.24) is 9.80 Å². The summed E-state index contributed by atoms with van der Waals surface area (Å²) in [6.45, 7) is 4.48. The lowest BCUT2D eigenvalue weighted by Gasteiger charge is -2.37. The molecule has 1 aliphatic heterocycles. The third-order valence-electron chi connectivity index (χ3n) is 4.39. The fourth-order valence-electron chi connectivity index (χ4n) is 2.83. The minimum Gasteiger partial charge on any atom is -0.335 e. The number of piperazine rings is 1. The number of benzene rings is 1. The molecule has 1 aliphatic rings. The summed E-state index contributed by atoms with van der Waals surface area (Å²) in [5.41, 5.74) is 0.618. The van der Waals surface area contributed by atoms with E-state index in [4.69, 9.17) is 11.6 Å². The van der Waals surface area contributed by atoms with Gasteiger partial charge in [0.25, 0.3) is 5.91 Å². The average Bonchev–Trinajstić information content (AvgIpc) is 3.17. The summed E-state index contributed by atoms with van der Waals surface area (Å²) in [4.78, 5) is 29.5. The maximum Gasteiger partial charge on any atom is 0.264 e. The summed E-state index contributed by atoms with van der Waals surface area (Å²) in [5, 5.41) is 5.30. The van der Waals surface area contributed by atoms with Crippen molar-refractivity contribution in [3.05, 3.63) is 51.7 Å². The minimum absolute atomic E-state index is 0.0721. The Morgan fingerprint density at radius 1 is 1.12 bits per heavy atom. The van der Waals surface area contributed by atoms with Crippen LogP contribution in [-0.2, 0) is 4.79 Å². The highest BCUT2D eigenvalue weighted by atomic mass is 35.5. The van der Waals surface area contributed by atoms with Gasteiger partial charge >= 0.3 is 0 Å². The SMILES string of the molecule is CC(C(=O)Nc1ccccc1Cl)N1CCN(C(=O)c2cccs2)CC1. The van der Waals surface area contributed by atoms with Crippen molar-refractivity contribution in [2.75, 3.05) is 31.5 Å². The summed E-state index contributed by atoms with van der Waals surface area (Å²) >= 11 is 7.55. The molecule has 5 nitrogen and oxygen atoms in total. The molecule has 1 saturated heterocycles. The Morgan fingerprint density at radius 2 is 1.84 bits per heavy atom. The number of thiophene rings is 1. The number of nitrogens with zero attached hydrogens (tertiary/aromatic N) is 2. The van der Waals surface area contributed by atoms with Gasteiger partial charge in [0.05, 0.1) is 21.6 Å². The molecule has 1 aromatic carbocycles. The highest BCUT2D eigenvalue weighted by molar-refractivity contribution is 7.12. The topological polar surface area (TPSA) is 52.7 Å². The van der Waals surface area contributed by atoms with Gasteiger partial charge in [0.15, 0.2) is 0 Å². The van der Waals surface area contributed by atoms with Crippen molar-refractivity contribution in [3.8, 4) is 0 Å². The lowest BCUT2D eigenvalue weighted by molar-refractivity contribution is -0.121. The molecule has 1 unspecified atom stereocenters. The molecule has 0 bridgehead atoms. The molecular formula is C18H20ClN3O2S. The zero-order valence-electron chi connectivity index (χ0n) is 13.9. The number of amides is 2. The molecule has 1 atom stereocenters. The molecule has 2 aromatic rings. The highest BCUT2D eigenvalue weighted by Crippen LogP contribution is 2.21. The van der Waals surface area contributed by atoms with Crippen LogP contribution in [0.5, 0.6) is 0 Å². The third kappa shape index (κ3) is 4.21. The molecule has 2 amide bonds. The predicted octanol–water partition coefficient (Wildman–Crippen LogP) is 3.19. The molecule has 132 valence electrons. The van der Waals surface area contributed by atoms with Crippen LogP contribution >= 0.6 is 22.9 Å². The van der Waals surface area contributed by atoms with Gasteiger partial charge in [-0.2, -0.15) is 0 Å². The maximum atomic E-state index is 12.5. The Hall–Kier alpha value is -1.89. The van der Waals surface area contributed by atoms with Gasteiger partial charge in [-0.3, -0.25) is 14.5 Å². The van der Waals surface area contributed by atoms with Crippen LogP contribution < -0.4 is 5.32 Å².